The summed E-state index contributed by atoms with van der Waals surface area (Å²) in [4.78, 5) is 11.5. The van der Waals surface area contributed by atoms with Crippen LogP contribution in [0.15, 0.2) is 53.6 Å². The van der Waals surface area contributed by atoms with Gasteiger partial charge in [-0.2, -0.15) is 0 Å². The third-order valence-corrected chi connectivity index (χ3v) is 5.82. The number of carbonyl (C=O) groups excluding carboxylic acids is 1. The Bertz CT molecular complexity index is 1100. The minimum atomic E-state index is -3.91. The molecule has 0 N–H and O–H groups in total. The Balaban J connectivity index is 2.12. The zero-order valence-electron chi connectivity index (χ0n) is 15.5. The molecule has 0 saturated carbocycles. The van der Waals surface area contributed by atoms with Gasteiger partial charge in [-0.15, -0.1) is 0 Å². The van der Waals surface area contributed by atoms with Crippen LogP contribution in [0, 0.1) is 0 Å². The maximum atomic E-state index is 13.2. The fourth-order valence-electron chi connectivity index (χ4n) is 2.65. The van der Waals surface area contributed by atoms with Crippen LogP contribution in [0.4, 0.5) is 0 Å². The number of rotatable bonds is 7. The van der Waals surface area contributed by atoms with Crippen LogP contribution in [0.25, 0.3) is 10.9 Å². The van der Waals surface area contributed by atoms with Gasteiger partial charge in [-0.1, -0.05) is 0 Å². The maximum Gasteiger partial charge on any atom is 0.343 e. The van der Waals surface area contributed by atoms with Crippen LogP contribution in [0.5, 0.6) is 17.2 Å². The molecule has 0 saturated heterocycles. The van der Waals surface area contributed by atoms with E-state index in [0.717, 1.165) is 3.97 Å². The van der Waals surface area contributed by atoms with Gasteiger partial charge in [0, 0.05) is 5.39 Å². The molecule has 0 unspecified atom stereocenters. The van der Waals surface area contributed by atoms with Gasteiger partial charge in [-0.25, -0.2) is 17.2 Å². The van der Waals surface area contributed by atoms with Crippen LogP contribution in [-0.4, -0.2) is 46.3 Å². The van der Waals surface area contributed by atoms with Crippen LogP contribution >= 0.6 is 0 Å². The van der Waals surface area contributed by atoms with Gasteiger partial charge in [0.15, 0.2) is 6.61 Å². The molecule has 1 aromatic heterocycles. The van der Waals surface area contributed by atoms with Crippen LogP contribution in [-0.2, 0) is 19.6 Å². The molecule has 28 heavy (non-hydrogen) atoms. The second-order valence-electron chi connectivity index (χ2n) is 5.72. The lowest BCUT2D eigenvalue weighted by Gasteiger charge is -2.08. The van der Waals surface area contributed by atoms with E-state index in [4.69, 9.17) is 14.2 Å². The summed E-state index contributed by atoms with van der Waals surface area (Å²) in [5, 5.41) is 0.486. The first-order valence-corrected chi connectivity index (χ1v) is 9.63. The number of methoxy groups -OCH3 is 3. The summed E-state index contributed by atoms with van der Waals surface area (Å²) in [5.41, 5.74) is 0.386. The van der Waals surface area contributed by atoms with E-state index in [1.54, 1.807) is 30.3 Å². The highest BCUT2D eigenvalue weighted by atomic mass is 32.2. The van der Waals surface area contributed by atoms with Crippen molar-refractivity contribution in [3.05, 3.63) is 48.7 Å². The monoisotopic (exact) mass is 405 g/mol. The summed E-state index contributed by atoms with van der Waals surface area (Å²) in [7, 11) is 0.335. The maximum absolute atomic E-state index is 13.2. The number of nitrogens with zero attached hydrogens (tertiary/aromatic N) is 1. The molecule has 3 aromatic rings. The second kappa shape index (κ2) is 7.81. The van der Waals surface area contributed by atoms with E-state index in [1.807, 2.05) is 0 Å². The van der Waals surface area contributed by atoms with Crippen LogP contribution in [0.3, 0.4) is 0 Å². The molecule has 2 aromatic carbocycles. The van der Waals surface area contributed by atoms with Crippen molar-refractivity contribution in [2.24, 2.45) is 0 Å². The van der Waals surface area contributed by atoms with Crippen LogP contribution in [0.2, 0.25) is 0 Å². The van der Waals surface area contributed by atoms with E-state index in [9.17, 15) is 13.2 Å². The number of hydrogen-bond acceptors (Lipinski definition) is 7. The number of ether oxygens (including phenoxy) is 4. The van der Waals surface area contributed by atoms with Gasteiger partial charge in [0.2, 0.25) is 0 Å². The van der Waals surface area contributed by atoms with Crippen molar-refractivity contribution in [2.45, 2.75) is 4.90 Å². The van der Waals surface area contributed by atoms with Crippen LogP contribution in [0.1, 0.15) is 0 Å². The highest BCUT2D eigenvalue weighted by Crippen LogP contribution is 2.34. The van der Waals surface area contributed by atoms with E-state index < -0.39 is 16.0 Å². The summed E-state index contributed by atoms with van der Waals surface area (Å²) < 4.78 is 47.7. The molecular formula is C19H19NO7S. The number of esters is 1. The molecule has 0 fully saturated rings. The number of hydrogen-bond donors (Lipinski definition) is 0. The van der Waals surface area contributed by atoms with Crippen molar-refractivity contribution >= 4 is 26.9 Å². The number of carbonyl (C=O) groups is 1. The summed E-state index contributed by atoms with van der Waals surface area (Å²) >= 11 is 0. The summed E-state index contributed by atoms with van der Waals surface area (Å²) in [6, 6.07) is 10.9. The molecule has 0 radical (unpaired) electrons. The lowest BCUT2D eigenvalue weighted by atomic mass is 10.2. The number of fused-ring (bicyclic) bond motifs is 1. The SMILES string of the molecule is COC(=O)COc1cn(S(=O)(=O)c2ccc(OC)cc2)c2ccc(OC)cc12. The van der Waals surface area contributed by atoms with E-state index in [0.29, 0.717) is 22.4 Å². The lowest BCUT2D eigenvalue weighted by Crippen LogP contribution is -2.13. The minimum absolute atomic E-state index is 0.0838. The molecule has 3 rings (SSSR count). The minimum Gasteiger partial charge on any atom is -0.497 e. The average molecular weight is 405 g/mol. The van der Waals surface area contributed by atoms with Gasteiger partial charge in [0.05, 0.1) is 37.9 Å². The molecular weight excluding hydrogens is 386 g/mol. The Morgan fingerprint density at radius 3 is 2.21 bits per heavy atom. The summed E-state index contributed by atoms with van der Waals surface area (Å²) in [6.07, 6.45) is 1.33. The van der Waals surface area contributed by atoms with Crippen molar-refractivity contribution < 1.29 is 32.2 Å². The Morgan fingerprint density at radius 1 is 0.964 bits per heavy atom. The van der Waals surface area contributed by atoms with Gasteiger partial charge in [0.25, 0.3) is 10.0 Å². The molecule has 0 aliphatic rings. The molecule has 0 amide bonds. The Hall–Kier alpha value is -3.20. The first-order valence-electron chi connectivity index (χ1n) is 8.19. The second-order valence-corrected chi connectivity index (χ2v) is 7.53. The quantitative estimate of drug-likeness (QED) is 0.558. The summed E-state index contributed by atoms with van der Waals surface area (Å²) in [6.45, 7) is -0.352. The molecule has 1 heterocycles. The predicted octanol–water partition coefficient (Wildman–Crippen LogP) is 2.45. The third kappa shape index (κ3) is 3.61. The van der Waals surface area contributed by atoms with Crippen LogP contribution < -0.4 is 14.2 Å². The van der Waals surface area contributed by atoms with Crippen molar-refractivity contribution in [1.29, 1.82) is 0 Å². The molecule has 0 aliphatic carbocycles. The normalized spacial score (nSPS) is 11.2. The lowest BCUT2D eigenvalue weighted by molar-refractivity contribution is -0.142. The van der Waals surface area contributed by atoms with E-state index >= 15 is 0 Å². The number of aromatic nitrogens is 1. The fourth-order valence-corrected chi connectivity index (χ4v) is 4.01. The van der Waals surface area contributed by atoms with Crippen molar-refractivity contribution in [3.8, 4) is 17.2 Å². The fraction of sp³-hybridized carbons (Fsp3) is 0.211. The molecule has 0 aliphatic heterocycles. The summed E-state index contributed by atoms with van der Waals surface area (Å²) in [5.74, 6) is 0.705. The molecule has 8 nitrogen and oxygen atoms in total. The smallest absolute Gasteiger partial charge is 0.343 e. The largest absolute Gasteiger partial charge is 0.497 e. The first kappa shape index (κ1) is 19.6. The topological polar surface area (TPSA) is 93.1 Å². The highest BCUT2D eigenvalue weighted by Gasteiger charge is 2.23. The van der Waals surface area contributed by atoms with Crippen molar-refractivity contribution in [1.82, 2.24) is 3.97 Å². The zero-order valence-corrected chi connectivity index (χ0v) is 16.4. The molecule has 148 valence electrons. The van der Waals surface area contributed by atoms with Gasteiger partial charge in [0.1, 0.15) is 17.2 Å². The van der Waals surface area contributed by atoms with E-state index in [1.165, 1.54) is 39.7 Å². The van der Waals surface area contributed by atoms with Gasteiger partial charge in [-0.3, -0.25) is 0 Å². The average Bonchev–Trinajstić information content (AvgIpc) is 3.10. The molecule has 0 bridgehead atoms. The Kier molecular flexibility index (Phi) is 5.46. The van der Waals surface area contributed by atoms with Crippen molar-refractivity contribution in [2.75, 3.05) is 27.9 Å². The van der Waals surface area contributed by atoms with Gasteiger partial charge >= 0.3 is 5.97 Å². The zero-order chi connectivity index (χ0) is 20.3. The Labute approximate surface area is 162 Å². The van der Waals surface area contributed by atoms with E-state index in [2.05, 4.69) is 4.74 Å². The molecule has 0 spiro atoms. The molecule has 0 atom stereocenters. The number of benzene rings is 2. The standard InChI is InChI=1S/C19H19NO7S/c1-24-13-4-7-15(8-5-13)28(22,23)20-11-18(27-12-19(21)26-3)16-10-14(25-2)6-9-17(16)20/h4-11H,12H2,1-3H3. The molecule has 9 heteroatoms. The van der Waals surface area contributed by atoms with E-state index in [-0.39, 0.29) is 17.3 Å². The predicted molar refractivity (Wildman–Crippen MR) is 102 cm³/mol. The first-order chi connectivity index (χ1) is 13.4. The Morgan fingerprint density at radius 2 is 1.61 bits per heavy atom. The van der Waals surface area contributed by atoms with Crippen molar-refractivity contribution in [3.63, 3.8) is 0 Å². The highest BCUT2D eigenvalue weighted by molar-refractivity contribution is 7.90. The van der Waals surface area contributed by atoms with Gasteiger partial charge in [-0.05, 0) is 42.5 Å². The van der Waals surface area contributed by atoms with Gasteiger partial charge < -0.3 is 18.9 Å². The third-order valence-electron chi connectivity index (χ3n) is 4.13.